The molecule has 8 heavy (non-hydrogen) atoms. The van der Waals surface area contributed by atoms with Crippen LogP contribution in [-0.2, 0) is 0 Å². The number of hydrogen-bond donors (Lipinski definition) is 0. The minimum absolute atomic E-state index is 0.596. The van der Waals surface area contributed by atoms with E-state index in [4.69, 9.17) is 12.6 Å². The molecule has 0 aliphatic heterocycles. The van der Waals surface area contributed by atoms with E-state index in [1.165, 1.54) is 25.7 Å². The third kappa shape index (κ3) is 1.70. The van der Waals surface area contributed by atoms with Gasteiger partial charge in [0.2, 0.25) is 0 Å². The Morgan fingerprint density at radius 3 is 2.50 bits per heavy atom. The Morgan fingerprint density at radius 2 is 2.12 bits per heavy atom. The average Bonchev–Trinajstić information content (AvgIpc) is 1.64. The SMILES string of the molecule is CC1CCCC([S])C1. The first-order valence-corrected chi connectivity index (χ1v) is 3.92. The third-order valence-corrected chi connectivity index (χ3v) is 2.32. The Labute approximate surface area is 57.1 Å². The van der Waals surface area contributed by atoms with Crippen molar-refractivity contribution < 1.29 is 0 Å². The molecule has 47 valence electrons. The van der Waals surface area contributed by atoms with Crippen LogP contribution in [0.25, 0.3) is 0 Å². The molecule has 0 N–H and O–H groups in total. The highest BCUT2D eigenvalue weighted by Gasteiger charge is 2.14. The fraction of sp³-hybridized carbons (Fsp3) is 1.00. The Kier molecular flexibility index (Phi) is 2.24. The smallest absolute Gasteiger partial charge is 0.0154 e. The second-order valence-electron chi connectivity index (χ2n) is 2.89. The van der Waals surface area contributed by atoms with E-state index >= 15 is 0 Å². The van der Waals surface area contributed by atoms with Crippen molar-refractivity contribution in [2.45, 2.75) is 37.9 Å². The average molecular weight is 129 g/mol. The first-order valence-electron chi connectivity index (χ1n) is 3.45. The highest BCUT2D eigenvalue weighted by atomic mass is 32.1. The minimum atomic E-state index is 0.596. The van der Waals surface area contributed by atoms with Gasteiger partial charge in [-0.25, -0.2) is 0 Å². The van der Waals surface area contributed by atoms with E-state index in [9.17, 15) is 0 Å². The van der Waals surface area contributed by atoms with Crippen molar-refractivity contribution in [1.29, 1.82) is 0 Å². The predicted molar refractivity (Wildman–Crippen MR) is 39.0 cm³/mol. The maximum absolute atomic E-state index is 5.17. The van der Waals surface area contributed by atoms with E-state index in [0.29, 0.717) is 5.25 Å². The largest absolute Gasteiger partial charge is 0.0904 e. The van der Waals surface area contributed by atoms with Crippen molar-refractivity contribution in [3.63, 3.8) is 0 Å². The molecule has 0 bridgehead atoms. The van der Waals surface area contributed by atoms with Gasteiger partial charge in [-0.3, -0.25) is 0 Å². The molecule has 0 amide bonds. The van der Waals surface area contributed by atoms with Gasteiger partial charge in [-0.2, -0.15) is 0 Å². The van der Waals surface area contributed by atoms with E-state index in [0.717, 1.165) is 5.92 Å². The Morgan fingerprint density at radius 1 is 1.38 bits per heavy atom. The molecule has 1 aliphatic carbocycles. The summed E-state index contributed by atoms with van der Waals surface area (Å²) in [5.41, 5.74) is 0. The van der Waals surface area contributed by atoms with Crippen LogP contribution < -0.4 is 0 Å². The maximum Gasteiger partial charge on any atom is 0.0154 e. The first kappa shape index (κ1) is 6.47. The van der Waals surface area contributed by atoms with Crippen molar-refractivity contribution in [3.8, 4) is 0 Å². The zero-order valence-electron chi connectivity index (χ0n) is 5.39. The highest BCUT2D eigenvalue weighted by Crippen LogP contribution is 2.26. The van der Waals surface area contributed by atoms with Gasteiger partial charge in [0.15, 0.2) is 0 Å². The van der Waals surface area contributed by atoms with Crippen LogP contribution in [0.3, 0.4) is 0 Å². The molecule has 0 aromatic heterocycles. The van der Waals surface area contributed by atoms with Crippen LogP contribution in [0.5, 0.6) is 0 Å². The van der Waals surface area contributed by atoms with E-state index in [-0.39, 0.29) is 0 Å². The second-order valence-corrected chi connectivity index (χ2v) is 3.56. The molecule has 1 saturated carbocycles. The molecule has 1 rings (SSSR count). The molecule has 1 radical (unpaired) electrons. The van der Waals surface area contributed by atoms with Crippen LogP contribution in [0.1, 0.15) is 32.6 Å². The monoisotopic (exact) mass is 129 g/mol. The fourth-order valence-electron chi connectivity index (χ4n) is 1.38. The van der Waals surface area contributed by atoms with Crippen LogP contribution in [0.2, 0.25) is 0 Å². The Balaban J connectivity index is 2.23. The molecule has 0 aromatic carbocycles. The van der Waals surface area contributed by atoms with E-state index in [2.05, 4.69) is 6.92 Å². The minimum Gasteiger partial charge on any atom is -0.0904 e. The fourth-order valence-corrected chi connectivity index (χ4v) is 1.87. The lowest BCUT2D eigenvalue weighted by molar-refractivity contribution is 0.395. The summed E-state index contributed by atoms with van der Waals surface area (Å²) in [6.45, 7) is 2.30. The van der Waals surface area contributed by atoms with Gasteiger partial charge in [0, 0.05) is 5.25 Å². The van der Waals surface area contributed by atoms with Crippen LogP contribution in [0, 0.1) is 5.92 Å². The van der Waals surface area contributed by atoms with Gasteiger partial charge in [-0.1, -0.05) is 32.4 Å². The van der Waals surface area contributed by atoms with Gasteiger partial charge < -0.3 is 0 Å². The lowest BCUT2D eigenvalue weighted by Crippen LogP contribution is -2.12. The van der Waals surface area contributed by atoms with Gasteiger partial charge in [0.05, 0.1) is 0 Å². The van der Waals surface area contributed by atoms with E-state index in [1.807, 2.05) is 0 Å². The summed E-state index contributed by atoms with van der Waals surface area (Å²) >= 11 is 5.17. The van der Waals surface area contributed by atoms with E-state index < -0.39 is 0 Å². The van der Waals surface area contributed by atoms with Crippen molar-refractivity contribution in [3.05, 3.63) is 0 Å². The second kappa shape index (κ2) is 2.77. The number of hydrogen-bond acceptors (Lipinski definition) is 0. The van der Waals surface area contributed by atoms with Gasteiger partial charge >= 0.3 is 0 Å². The van der Waals surface area contributed by atoms with Crippen molar-refractivity contribution in [1.82, 2.24) is 0 Å². The van der Waals surface area contributed by atoms with E-state index in [1.54, 1.807) is 0 Å². The molecular formula is C7H13S. The van der Waals surface area contributed by atoms with Gasteiger partial charge in [0.1, 0.15) is 0 Å². The summed E-state index contributed by atoms with van der Waals surface area (Å²) in [7, 11) is 0. The quantitative estimate of drug-likeness (QED) is 0.472. The first-order chi connectivity index (χ1) is 3.79. The summed E-state index contributed by atoms with van der Waals surface area (Å²) in [5.74, 6) is 0.909. The normalized spacial score (nSPS) is 39.8. The summed E-state index contributed by atoms with van der Waals surface area (Å²) < 4.78 is 0. The van der Waals surface area contributed by atoms with Crippen molar-refractivity contribution in [2.24, 2.45) is 5.92 Å². The zero-order chi connectivity index (χ0) is 5.98. The number of rotatable bonds is 0. The Bertz CT molecular complexity index is 62.8. The van der Waals surface area contributed by atoms with Crippen LogP contribution in [-0.4, -0.2) is 5.25 Å². The summed E-state index contributed by atoms with van der Waals surface area (Å²) in [5, 5.41) is 0.596. The van der Waals surface area contributed by atoms with Crippen LogP contribution in [0.4, 0.5) is 0 Å². The van der Waals surface area contributed by atoms with Crippen LogP contribution >= 0.6 is 12.6 Å². The summed E-state index contributed by atoms with van der Waals surface area (Å²) in [6, 6.07) is 0. The molecule has 2 unspecified atom stereocenters. The van der Waals surface area contributed by atoms with Gasteiger partial charge in [-0.15, -0.1) is 0 Å². The van der Waals surface area contributed by atoms with Crippen LogP contribution in [0.15, 0.2) is 0 Å². The summed E-state index contributed by atoms with van der Waals surface area (Å²) in [6.07, 6.45) is 5.36. The maximum atomic E-state index is 5.17. The molecule has 0 heterocycles. The van der Waals surface area contributed by atoms with Crippen molar-refractivity contribution >= 4 is 12.6 Å². The molecular weight excluding hydrogens is 116 g/mol. The lowest BCUT2D eigenvalue weighted by Gasteiger charge is -2.21. The van der Waals surface area contributed by atoms with Gasteiger partial charge in [0.25, 0.3) is 0 Å². The van der Waals surface area contributed by atoms with Gasteiger partial charge in [-0.05, 0) is 18.8 Å². The lowest BCUT2D eigenvalue weighted by atomic mass is 9.91. The highest BCUT2D eigenvalue weighted by molar-refractivity contribution is 7.80. The van der Waals surface area contributed by atoms with Crippen molar-refractivity contribution in [2.75, 3.05) is 0 Å². The molecule has 0 saturated heterocycles. The molecule has 0 spiro atoms. The molecule has 1 fully saturated rings. The molecule has 0 aromatic rings. The standard InChI is InChI=1S/C7H13S/c1-6-3-2-4-7(8)5-6/h6-7H,2-5H2,1H3. The molecule has 1 heteroatoms. The topological polar surface area (TPSA) is 0 Å². The summed E-state index contributed by atoms with van der Waals surface area (Å²) in [4.78, 5) is 0. The third-order valence-electron chi connectivity index (χ3n) is 1.89. The molecule has 1 aliphatic rings. The zero-order valence-corrected chi connectivity index (χ0v) is 6.21. The predicted octanol–water partition coefficient (Wildman–Crippen LogP) is 2.76. The Hall–Kier alpha value is 0.350. The molecule has 0 nitrogen and oxygen atoms in total. The molecule has 2 atom stereocenters.